The number of carbonyl (C=O) groups excluding carboxylic acids is 1. The van der Waals surface area contributed by atoms with Crippen molar-refractivity contribution in [3.05, 3.63) is 100 Å². The maximum Gasteiger partial charge on any atom is 0.279 e. The Hall–Kier alpha value is -4.40. The number of benzene rings is 2. The van der Waals surface area contributed by atoms with Crippen LogP contribution in [0.2, 0.25) is 0 Å². The van der Waals surface area contributed by atoms with E-state index in [4.69, 9.17) is 5.73 Å². The molecule has 228 valence electrons. The second kappa shape index (κ2) is 16.9. The number of anilines is 2. The highest BCUT2D eigenvalue weighted by Gasteiger charge is 2.19. The normalized spacial score (nSPS) is 10.1. The molecule has 5 rings (SSSR count). The molecule has 0 spiro atoms. The first-order valence-corrected chi connectivity index (χ1v) is 15.4. The number of amides is 1. The molecule has 0 saturated heterocycles. The van der Waals surface area contributed by atoms with E-state index in [9.17, 15) is 14.7 Å². The number of nitrogens with two attached hydrogens (primary N) is 1. The lowest BCUT2D eigenvalue weighted by Gasteiger charge is -2.15. The van der Waals surface area contributed by atoms with Crippen molar-refractivity contribution in [3.8, 4) is 11.4 Å². The summed E-state index contributed by atoms with van der Waals surface area (Å²) in [6, 6.07) is 16.1. The largest absolute Gasteiger partial charge is 0.392 e. The molecule has 0 aliphatic carbocycles. The number of rotatable bonds is 7. The lowest BCUT2D eigenvalue weighted by Crippen LogP contribution is -2.23. The Kier molecular flexibility index (Phi) is 13.7. The summed E-state index contributed by atoms with van der Waals surface area (Å²) < 4.78 is 2.69. The molecule has 1 unspecified atom stereocenters. The number of primary amides is 1. The van der Waals surface area contributed by atoms with Crippen LogP contribution in [0, 0.1) is 0 Å². The smallest absolute Gasteiger partial charge is 0.279 e. The van der Waals surface area contributed by atoms with E-state index in [1.54, 1.807) is 54.9 Å². The zero-order chi connectivity index (χ0) is 32.1. The standard InChI is InChI=1S/C27H25N7O3.2C2H6.CH5P/c1-16(2)17-9-10-19-18(12-17)13-30-34(27(19)37)23-7-5-6-22(21(23)15-35)33-14-20(25(28)36)26(32-33)31-24-8-3-4-11-29-24;3*1-2/h3-14,16,35H,15H2,1-2H3,(H2,28,36)(H,29,31,32);2*1-2H3;2H2,1H3. The summed E-state index contributed by atoms with van der Waals surface area (Å²) in [6.07, 6.45) is 4.72. The van der Waals surface area contributed by atoms with Crippen molar-refractivity contribution in [1.82, 2.24) is 24.5 Å². The number of aliphatic hydroxyl groups excluding tert-OH is 1. The first kappa shape index (κ1) is 34.8. The van der Waals surface area contributed by atoms with Gasteiger partial charge in [-0.1, -0.05) is 66.4 Å². The first-order valence-electron chi connectivity index (χ1n) is 14.3. The Bertz CT molecular complexity index is 1680. The molecule has 1 amide bonds. The van der Waals surface area contributed by atoms with Gasteiger partial charge in [-0.05, 0) is 47.9 Å². The maximum atomic E-state index is 13.4. The van der Waals surface area contributed by atoms with Gasteiger partial charge in [0.1, 0.15) is 11.4 Å². The lowest BCUT2D eigenvalue weighted by atomic mass is 10.0. The Morgan fingerprint density at radius 1 is 1.02 bits per heavy atom. The van der Waals surface area contributed by atoms with Gasteiger partial charge >= 0.3 is 0 Å². The second-order valence-electron chi connectivity index (χ2n) is 8.84. The molecule has 2 aromatic carbocycles. The van der Waals surface area contributed by atoms with E-state index >= 15 is 0 Å². The van der Waals surface area contributed by atoms with E-state index in [-0.39, 0.29) is 16.9 Å². The summed E-state index contributed by atoms with van der Waals surface area (Å²) in [6.45, 7) is 13.7. The number of aliphatic hydroxyl groups is 1. The van der Waals surface area contributed by atoms with Crippen LogP contribution in [0.1, 0.15) is 68.9 Å². The van der Waals surface area contributed by atoms with Crippen molar-refractivity contribution >= 4 is 37.6 Å². The fourth-order valence-corrected chi connectivity index (χ4v) is 4.17. The lowest BCUT2D eigenvalue weighted by molar-refractivity contribution is 0.100. The Morgan fingerprint density at radius 3 is 2.33 bits per heavy atom. The number of pyridine rings is 1. The molecule has 0 aliphatic rings. The number of aromatic nitrogens is 5. The number of nitrogens with one attached hydrogen (secondary N) is 1. The van der Waals surface area contributed by atoms with Crippen LogP contribution in [-0.4, -0.2) is 42.2 Å². The molecule has 43 heavy (non-hydrogen) atoms. The van der Waals surface area contributed by atoms with Gasteiger partial charge in [-0.2, -0.15) is 9.78 Å². The number of fused-ring (bicyclic) bond motifs is 1. The first-order chi connectivity index (χ1) is 20.9. The third-order valence-corrected chi connectivity index (χ3v) is 6.13. The van der Waals surface area contributed by atoms with E-state index in [0.717, 1.165) is 10.9 Å². The second-order valence-corrected chi connectivity index (χ2v) is 8.84. The number of hydrogen-bond acceptors (Lipinski definition) is 7. The average molecular weight is 604 g/mol. The van der Waals surface area contributed by atoms with Gasteiger partial charge in [-0.25, -0.2) is 9.67 Å². The molecule has 1 atom stereocenters. The van der Waals surface area contributed by atoms with Crippen LogP contribution < -0.4 is 16.6 Å². The van der Waals surface area contributed by atoms with E-state index in [1.165, 1.54) is 15.6 Å². The van der Waals surface area contributed by atoms with E-state index in [1.807, 2.05) is 46.5 Å². The van der Waals surface area contributed by atoms with Crippen LogP contribution in [0.25, 0.3) is 22.1 Å². The van der Waals surface area contributed by atoms with Gasteiger partial charge in [-0.15, -0.1) is 14.3 Å². The predicted molar refractivity (Wildman–Crippen MR) is 179 cm³/mol. The minimum atomic E-state index is -0.681. The van der Waals surface area contributed by atoms with E-state index in [2.05, 4.69) is 43.6 Å². The third kappa shape index (κ3) is 7.91. The van der Waals surface area contributed by atoms with Gasteiger partial charge in [0.15, 0.2) is 5.82 Å². The molecule has 0 radical (unpaired) electrons. The highest BCUT2D eigenvalue weighted by atomic mass is 31.0. The molecular formula is C32H42N7O3P. The Balaban J connectivity index is 0.00000101. The topological polar surface area (TPSA) is 141 Å². The summed E-state index contributed by atoms with van der Waals surface area (Å²) in [5.74, 6) is 0.335. The van der Waals surface area contributed by atoms with E-state index < -0.39 is 12.5 Å². The molecule has 0 fully saturated rings. The van der Waals surface area contributed by atoms with Gasteiger partial charge in [-0.3, -0.25) is 9.59 Å². The van der Waals surface area contributed by atoms with Gasteiger partial charge in [0, 0.05) is 23.3 Å². The van der Waals surface area contributed by atoms with Crippen molar-refractivity contribution < 1.29 is 9.90 Å². The number of nitrogens with zero attached hydrogens (tertiary/aromatic N) is 5. The summed E-state index contributed by atoms with van der Waals surface area (Å²) >= 11 is 0. The minimum absolute atomic E-state index is 0.141. The van der Waals surface area contributed by atoms with Gasteiger partial charge in [0.25, 0.3) is 11.5 Å². The average Bonchev–Trinajstić information content (AvgIpc) is 3.48. The fraction of sp³-hybridized carbons (Fsp3) is 0.281. The van der Waals surface area contributed by atoms with Crippen molar-refractivity contribution in [1.29, 1.82) is 0 Å². The highest BCUT2D eigenvalue weighted by molar-refractivity contribution is 7.15. The summed E-state index contributed by atoms with van der Waals surface area (Å²) in [5.41, 5.74) is 7.80. The molecule has 0 saturated carbocycles. The Labute approximate surface area is 255 Å². The predicted octanol–water partition coefficient (Wildman–Crippen LogP) is 5.97. The van der Waals surface area contributed by atoms with Crippen LogP contribution in [0.3, 0.4) is 0 Å². The van der Waals surface area contributed by atoms with Crippen molar-refractivity contribution in [2.24, 2.45) is 5.73 Å². The summed E-state index contributed by atoms with van der Waals surface area (Å²) in [7, 11) is 2.42. The molecular weight excluding hydrogens is 561 g/mol. The van der Waals surface area contributed by atoms with Gasteiger partial charge in [0.05, 0.1) is 29.6 Å². The van der Waals surface area contributed by atoms with Crippen molar-refractivity contribution in [2.75, 3.05) is 12.0 Å². The van der Waals surface area contributed by atoms with E-state index in [0.29, 0.717) is 34.1 Å². The van der Waals surface area contributed by atoms with Crippen molar-refractivity contribution in [2.45, 2.75) is 54.1 Å². The number of carbonyl (C=O) groups is 1. The molecule has 3 aromatic heterocycles. The Morgan fingerprint density at radius 2 is 1.72 bits per heavy atom. The van der Waals surface area contributed by atoms with Crippen LogP contribution in [0.15, 0.2) is 78.0 Å². The van der Waals surface area contributed by atoms with Gasteiger partial charge in [0.2, 0.25) is 0 Å². The van der Waals surface area contributed by atoms with Crippen LogP contribution in [0.5, 0.6) is 0 Å². The van der Waals surface area contributed by atoms with Crippen molar-refractivity contribution in [3.63, 3.8) is 0 Å². The zero-order valence-electron chi connectivity index (χ0n) is 25.9. The molecule has 0 bridgehead atoms. The summed E-state index contributed by atoms with van der Waals surface area (Å²) in [4.78, 5) is 29.7. The van der Waals surface area contributed by atoms with Gasteiger partial charge < -0.3 is 16.2 Å². The zero-order valence-corrected chi connectivity index (χ0v) is 27.0. The van der Waals surface area contributed by atoms with Crippen LogP contribution in [-0.2, 0) is 6.61 Å². The molecule has 0 aliphatic heterocycles. The monoisotopic (exact) mass is 603 g/mol. The van der Waals surface area contributed by atoms with Crippen LogP contribution in [0.4, 0.5) is 11.6 Å². The highest BCUT2D eigenvalue weighted by Crippen LogP contribution is 2.26. The number of hydrogen-bond donors (Lipinski definition) is 3. The molecule has 5 aromatic rings. The molecule has 3 heterocycles. The third-order valence-electron chi connectivity index (χ3n) is 6.13. The molecule has 4 N–H and O–H groups in total. The molecule has 11 heteroatoms. The van der Waals surface area contributed by atoms with Crippen LogP contribution >= 0.6 is 9.24 Å². The minimum Gasteiger partial charge on any atom is -0.392 e. The molecule has 10 nitrogen and oxygen atoms in total. The summed E-state index contributed by atoms with van der Waals surface area (Å²) in [5, 5.41) is 23.5. The fourth-order valence-electron chi connectivity index (χ4n) is 4.17. The SMILES string of the molecule is CC.CC.CC(C)c1ccc2c(=O)n(-c3cccc(-n4cc(C(N)=O)c(Nc5ccccn5)n4)c3CO)ncc2c1.CP. The quantitative estimate of drug-likeness (QED) is 0.195. The maximum absolute atomic E-state index is 13.4.